The van der Waals surface area contributed by atoms with Crippen LogP contribution in [0, 0.1) is 18.3 Å². The summed E-state index contributed by atoms with van der Waals surface area (Å²) < 4.78 is 0. The summed E-state index contributed by atoms with van der Waals surface area (Å²) in [5.41, 5.74) is 0. The molecule has 0 heterocycles. The molecule has 0 nitrogen and oxygen atoms in total. The zero-order valence-corrected chi connectivity index (χ0v) is 5.97. The maximum absolute atomic E-state index is 2.56. The molecule has 2 rings (SSSR count). The molecule has 0 heteroatoms. The van der Waals surface area contributed by atoms with E-state index in [0.717, 1.165) is 11.8 Å². The molecule has 51 valence electrons. The average Bonchev–Trinajstić information content (AvgIpc) is 2.44. The van der Waals surface area contributed by atoms with Crippen LogP contribution in [0.1, 0.15) is 38.5 Å². The van der Waals surface area contributed by atoms with E-state index in [2.05, 4.69) is 6.42 Å². The molecule has 0 amide bonds. The minimum absolute atomic E-state index is 1.05. The average molecular weight is 123 g/mol. The molecule has 0 spiro atoms. The third kappa shape index (κ3) is 1.47. The number of hydrogen-bond acceptors (Lipinski definition) is 0. The Labute approximate surface area is 57.6 Å². The van der Waals surface area contributed by atoms with Crippen molar-refractivity contribution in [2.45, 2.75) is 38.5 Å². The topological polar surface area (TPSA) is 0 Å². The van der Waals surface area contributed by atoms with Crippen LogP contribution in [0.2, 0.25) is 0 Å². The second kappa shape index (κ2) is 2.32. The Bertz CT molecular complexity index is 88.2. The summed E-state index contributed by atoms with van der Waals surface area (Å²) in [6, 6.07) is 0. The molecular formula is C9H15. The minimum atomic E-state index is 1.05. The van der Waals surface area contributed by atoms with Crippen molar-refractivity contribution < 1.29 is 0 Å². The van der Waals surface area contributed by atoms with Gasteiger partial charge in [0.05, 0.1) is 0 Å². The maximum atomic E-state index is 2.56. The van der Waals surface area contributed by atoms with Crippen LogP contribution < -0.4 is 0 Å². The molecule has 2 saturated carbocycles. The van der Waals surface area contributed by atoms with E-state index in [0.29, 0.717) is 0 Å². The Hall–Kier alpha value is 0. The summed E-state index contributed by atoms with van der Waals surface area (Å²) >= 11 is 0. The fraction of sp³-hybridized carbons (Fsp3) is 0.889. The van der Waals surface area contributed by atoms with E-state index >= 15 is 0 Å². The van der Waals surface area contributed by atoms with Crippen molar-refractivity contribution in [3.63, 3.8) is 0 Å². The molecule has 0 aliphatic heterocycles. The van der Waals surface area contributed by atoms with Crippen LogP contribution in [-0.4, -0.2) is 0 Å². The van der Waals surface area contributed by atoms with Gasteiger partial charge in [-0.05, 0) is 37.5 Å². The highest BCUT2D eigenvalue weighted by atomic mass is 14.3. The highest BCUT2D eigenvalue weighted by Crippen LogP contribution is 2.38. The second-order valence-corrected chi connectivity index (χ2v) is 3.61. The number of hydrogen-bond donors (Lipinski definition) is 0. The summed E-state index contributed by atoms with van der Waals surface area (Å²) in [6.07, 6.45) is 11.5. The molecule has 0 aromatic carbocycles. The van der Waals surface area contributed by atoms with Gasteiger partial charge in [0.1, 0.15) is 0 Å². The lowest BCUT2D eigenvalue weighted by Crippen LogP contribution is -2.10. The van der Waals surface area contributed by atoms with Crippen LogP contribution in [-0.2, 0) is 0 Å². The van der Waals surface area contributed by atoms with E-state index in [9.17, 15) is 0 Å². The second-order valence-electron chi connectivity index (χ2n) is 3.61. The van der Waals surface area contributed by atoms with E-state index in [4.69, 9.17) is 0 Å². The third-order valence-corrected chi connectivity index (χ3v) is 2.65. The van der Waals surface area contributed by atoms with Crippen molar-refractivity contribution in [3.05, 3.63) is 6.42 Å². The minimum Gasteiger partial charge on any atom is -0.0528 e. The van der Waals surface area contributed by atoms with Gasteiger partial charge in [-0.25, -0.2) is 0 Å². The van der Waals surface area contributed by atoms with Crippen molar-refractivity contribution in [1.29, 1.82) is 0 Å². The molecule has 0 N–H and O–H groups in total. The predicted molar refractivity (Wildman–Crippen MR) is 39.0 cm³/mol. The van der Waals surface area contributed by atoms with Crippen LogP contribution >= 0.6 is 0 Å². The SMILES string of the molecule is [CH](CC1CCC1)C1CC1. The molecule has 2 fully saturated rings. The van der Waals surface area contributed by atoms with Gasteiger partial charge in [0.25, 0.3) is 0 Å². The summed E-state index contributed by atoms with van der Waals surface area (Å²) in [7, 11) is 0. The standard InChI is InChI=1S/C9H15/c1-2-8(3-1)4-5-9-6-7-9/h5,8-9H,1-4,6-7H2. The van der Waals surface area contributed by atoms with Crippen molar-refractivity contribution in [3.8, 4) is 0 Å². The molecule has 0 aromatic heterocycles. The molecule has 0 saturated heterocycles. The first-order chi connectivity index (χ1) is 4.45. The molecule has 1 radical (unpaired) electrons. The smallest absolute Gasteiger partial charge is 0.0352 e. The summed E-state index contributed by atoms with van der Waals surface area (Å²) in [5.74, 6) is 2.15. The lowest BCUT2D eigenvalue weighted by Gasteiger charge is -2.24. The van der Waals surface area contributed by atoms with Gasteiger partial charge in [-0.15, -0.1) is 0 Å². The van der Waals surface area contributed by atoms with Crippen LogP contribution in [0.4, 0.5) is 0 Å². The summed E-state index contributed by atoms with van der Waals surface area (Å²) in [4.78, 5) is 0. The van der Waals surface area contributed by atoms with E-state index < -0.39 is 0 Å². The molecule has 2 aliphatic rings. The van der Waals surface area contributed by atoms with Crippen molar-refractivity contribution in [2.24, 2.45) is 11.8 Å². The third-order valence-electron chi connectivity index (χ3n) is 2.65. The molecule has 0 atom stereocenters. The fourth-order valence-electron chi connectivity index (χ4n) is 1.45. The van der Waals surface area contributed by atoms with E-state index in [1.807, 2.05) is 0 Å². The Morgan fingerprint density at radius 3 is 2.33 bits per heavy atom. The van der Waals surface area contributed by atoms with Gasteiger partial charge in [-0.1, -0.05) is 19.3 Å². The van der Waals surface area contributed by atoms with Crippen molar-refractivity contribution >= 4 is 0 Å². The Morgan fingerprint density at radius 1 is 1.11 bits per heavy atom. The predicted octanol–water partition coefficient (Wildman–Crippen LogP) is 2.79. The first kappa shape index (κ1) is 5.76. The first-order valence-corrected chi connectivity index (χ1v) is 4.28. The van der Waals surface area contributed by atoms with Crippen molar-refractivity contribution in [1.82, 2.24) is 0 Å². The quantitative estimate of drug-likeness (QED) is 0.541. The highest BCUT2D eigenvalue weighted by molar-refractivity contribution is 4.89. The Balaban J connectivity index is 1.55. The molecular weight excluding hydrogens is 108 g/mol. The van der Waals surface area contributed by atoms with Gasteiger partial charge in [-0.3, -0.25) is 0 Å². The number of rotatable bonds is 3. The summed E-state index contributed by atoms with van der Waals surface area (Å²) in [6.45, 7) is 0. The molecule has 2 aliphatic carbocycles. The lowest BCUT2D eigenvalue weighted by molar-refractivity contribution is 0.308. The van der Waals surface area contributed by atoms with E-state index in [1.54, 1.807) is 0 Å². The van der Waals surface area contributed by atoms with Gasteiger partial charge in [0.15, 0.2) is 0 Å². The highest BCUT2D eigenvalue weighted by Gasteiger charge is 2.24. The normalized spacial score (nSPS) is 28.0. The fourth-order valence-corrected chi connectivity index (χ4v) is 1.45. The molecule has 0 aromatic rings. The van der Waals surface area contributed by atoms with E-state index in [1.165, 1.54) is 38.5 Å². The van der Waals surface area contributed by atoms with Crippen LogP contribution in [0.15, 0.2) is 0 Å². The monoisotopic (exact) mass is 123 g/mol. The lowest BCUT2D eigenvalue weighted by atomic mass is 9.82. The molecule has 9 heavy (non-hydrogen) atoms. The first-order valence-electron chi connectivity index (χ1n) is 4.28. The maximum Gasteiger partial charge on any atom is -0.0352 e. The van der Waals surface area contributed by atoms with Crippen molar-refractivity contribution in [2.75, 3.05) is 0 Å². The molecule has 0 unspecified atom stereocenters. The molecule has 0 bridgehead atoms. The van der Waals surface area contributed by atoms with Gasteiger partial charge in [0.2, 0.25) is 0 Å². The van der Waals surface area contributed by atoms with Gasteiger partial charge >= 0.3 is 0 Å². The van der Waals surface area contributed by atoms with Gasteiger partial charge in [0, 0.05) is 0 Å². The van der Waals surface area contributed by atoms with Crippen LogP contribution in [0.25, 0.3) is 0 Å². The van der Waals surface area contributed by atoms with Gasteiger partial charge in [-0.2, -0.15) is 0 Å². The van der Waals surface area contributed by atoms with Crippen LogP contribution in [0.5, 0.6) is 0 Å². The summed E-state index contributed by atoms with van der Waals surface area (Å²) in [5, 5.41) is 0. The van der Waals surface area contributed by atoms with Gasteiger partial charge < -0.3 is 0 Å². The Kier molecular flexibility index (Phi) is 1.48. The van der Waals surface area contributed by atoms with E-state index in [-0.39, 0.29) is 0 Å². The van der Waals surface area contributed by atoms with Crippen LogP contribution in [0.3, 0.4) is 0 Å². The zero-order valence-electron chi connectivity index (χ0n) is 5.97. The Morgan fingerprint density at radius 2 is 1.89 bits per heavy atom. The largest absolute Gasteiger partial charge is 0.0528 e. The zero-order chi connectivity index (χ0) is 6.10.